The molecule has 0 spiro atoms. The highest BCUT2D eigenvalue weighted by Gasteiger charge is 2.21. The van der Waals surface area contributed by atoms with Crippen molar-refractivity contribution in [3.05, 3.63) is 48.3 Å². The van der Waals surface area contributed by atoms with Crippen LogP contribution in [0.4, 0.5) is 0 Å². The van der Waals surface area contributed by atoms with Crippen LogP contribution in [0.25, 0.3) is 5.69 Å². The molecule has 3 rings (SSSR count). The number of ether oxygens (including phenoxy) is 1. The number of benzene rings is 1. The molecule has 1 aliphatic rings. The number of rotatable bonds is 8. The molecule has 1 atom stereocenters. The quantitative estimate of drug-likeness (QED) is 0.528. The third-order valence-electron chi connectivity index (χ3n) is 4.81. The van der Waals surface area contributed by atoms with E-state index in [9.17, 15) is 0 Å². The van der Waals surface area contributed by atoms with Crippen LogP contribution in [0.5, 0.6) is 0 Å². The number of aliphatic imine (C=N–C) groups is 1. The maximum Gasteiger partial charge on any atom is 0.191 e. The first-order valence-electron chi connectivity index (χ1n) is 10.6. The van der Waals surface area contributed by atoms with E-state index in [0.717, 1.165) is 56.5 Å². The molecule has 1 fully saturated rings. The molecule has 1 unspecified atom stereocenters. The predicted octanol–water partition coefficient (Wildman–Crippen LogP) is 2.28. The van der Waals surface area contributed by atoms with E-state index in [-0.39, 0.29) is 6.10 Å². The number of nitrogens with one attached hydrogen (secondary N) is 2. The average molecular weight is 399 g/mol. The van der Waals surface area contributed by atoms with Crippen molar-refractivity contribution in [2.45, 2.75) is 33.4 Å². The van der Waals surface area contributed by atoms with Gasteiger partial charge in [-0.05, 0) is 36.6 Å². The second kappa shape index (κ2) is 11.0. The first-order chi connectivity index (χ1) is 14.1. The number of hydrogen-bond donors (Lipinski definition) is 2. The number of guanidine groups is 1. The van der Waals surface area contributed by atoms with Gasteiger partial charge in [0.05, 0.1) is 24.9 Å². The van der Waals surface area contributed by atoms with Crippen molar-refractivity contribution in [1.82, 2.24) is 25.3 Å². The monoisotopic (exact) mass is 398 g/mol. The fourth-order valence-corrected chi connectivity index (χ4v) is 3.48. The molecule has 1 saturated heterocycles. The summed E-state index contributed by atoms with van der Waals surface area (Å²) >= 11 is 0. The Kier molecular flexibility index (Phi) is 8.07. The second-order valence-corrected chi connectivity index (χ2v) is 7.84. The smallest absolute Gasteiger partial charge is 0.191 e. The molecular weight excluding hydrogens is 364 g/mol. The fourth-order valence-electron chi connectivity index (χ4n) is 3.48. The van der Waals surface area contributed by atoms with Gasteiger partial charge in [0, 0.05) is 45.1 Å². The highest BCUT2D eigenvalue weighted by atomic mass is 16.5. The lowest BCUT2D eigenvalue weighted by Gasteiger charge is -2.34. The van der Waals surface area contributed by atoms with Crippen molar-refractivity contribution >= 4 is 5.96 Å². The minimum atomic E-state index is 0.194. The molecule has 0 saturated carbocycles. The zero-order valence-corrected chi connectivity index (χ0v) is 17.8. The van der Waals surface area contributed by atoms with E-state index in [1.54, 1.807) is 6.20 Å². The largest absolute Gasteiger partial charge is 0.374 e. The van der Waals surface area contributed by atoms with Gasteiger partial charge in [0.1, 0.15) is 0 Å². The van der Waals surface area contributed by atoms with Crippen LogP contribution in [0.2, 0.25) is 0 Å². The van der Waals surface area contributed by atoms with Crippen molar-refractivity contribution in [2.75, 3.05) is 39.3 Å². The summed E-state index contributed by atoms with van der Waals surface area (Å²) in [5, 5.41) is 11.0. The molecule has 158 valence electrons. The van der Waals surface area contributed by atoms with Crippen molar-refractivity contribution in [2.24, 2.45) is 10.9 Å². The Hall–Kier alpha value is -2.38. The van der Waals surface area contributed by atoms with Crippen molar-refractivity contribution in [3.63, 3.8) is 0 Å². The van der Waals surface area contributed by atoms with Gasteiger partial charge in [-0.1, -0.05) is 26.0 Å². The van der Waals surface area contributed by atoms with E-state index in [2.05, 4.69) is 65.7 Å². The third kappa shape index (κ3) is 6.87. The van der Waals surface area contributed by atoms with Crippen LogP contribution in [-0.4, -0.2) is 66.1 Å². The Morgan fingerprint density at radius 3 is 2.79 bits per heavy atom. The van der Waals surface area contributed by atoms with E-state index >= 15 is 0 Å². The molecule has 0 aliphatic carbocycles. The molecule has 2 aromatic rings. The Bertz CT molecular complexity index is 741. The van der Waals surface area contributed by atoms with Crippen molar-refractivity contribution in [1.29, 1.82) is 0 Å². The minimum absolute atomic E-state index is 0.194. The SMILES string of the molecule is CCNC(=NCc1ccc(-n2cccn2)cc1)NCC1CN(CC(C)C)CCO1. The number of hydrogen-bond acceptors (Lipinski definition) is 4. The first-order valence-corrected chi connectivity index (χ1v) is 10.6. The first kappa shape index (κ1) is 21.3. The van der Waals surface area contributed by atoms with Gasteiger partial charge in [0.15, 0.2) is 5.96 Å². The minimum Gasteiger partial charge on any atom is -0.374 e. The van der Waals surface area contributed by atoms with Crippen LogP contribution in [0.3, 0.4) is 0 Å². The molecule has 2 heterocycles. The van der Waals surface area contributed by atoms with Gasteiger partial charge in [-0.15, -0.1) is 0 Å². The summed E-state index contributed by atoms with van der Waals surface area (Å²) in [4.78, 5) is 7.22. The van der Waals surface area contributed by atoms with Crippen LogP contribution in [-0.2, 0) is 11.3 Å². The van der Waals surface area contributed by atoms with E-state index in [0.29, 0.717) is 12.5 Å². The van der Waals surface area contributed by atoms with Crippen LogP contribution >= 0.6 is 0 Å². The highest BCUT2D eigenvalue weighted by molar-refractivity contribution is 5.79. The molecule has 7 heteroatoms. The molecular formula is C22H34N6O. The lowest BCUT2D eigenvalue weighted by atomic mass is 10.2. The average Bonchev–Trinajstić information content (AvgIpc) is 3.25. The van der Waals surface area contributed by atoms with Crippen LogP contribution in [0, 0.1) is 5.92 Å². The van der Waals surface area contributed by atoms with Gasteiger partial charge in [-0.3, -0.25) is 4.90 Å². The third-order valence-corrected chi connectivity index (χ3v) is 4.81. The van der Waals surface area contributed by atoms with E-state index in [4.69, 9.17) is 9.73 Å². The lowest BCUT2D eigenvalue weighted by molar-refractivity contribution is -0.0284. The normalized spacial score (nSPS) is 18.2. The van der Waals surface area contributed by atoms with E-state index < -0.39 is 0 Å². The highest BCUT2D eigenvalue weighted by Crippen LogP contribution is 2.10. The fraction of sp³-hybridized carbons (Fsp3) is 0.545. The van der Waals surface area contributed by atoms with Crippen molar-refractivity contribution < 1.29 is 4.74 Å². The number of nitrogens with zero attached hydrogens (tertiary/aromatic N) is 4. The molecule has 1 aromatic heterocycles. The van der Waals surface area contributed by atoms with Crippen LogP contribution in [0.1, 0.15) is 26.3 Å². The summed E-state index contributed by atoms with van der Waals surface area (Å²) in [7, 11) is 0. The summed E-state index contributed by atoms with van der Waals surface area (Å²) in [6.07, 6.45) is 3.92. The van der Waals surface area contributed by atoms with Gasteiger partial charge in [0.25, 0.3) is 0 Å². The summed E-state index contributed by atoms with van der Waals surface area (Å²) < 4.78 is 7.79. The maximum absolute atomic E-state index is 5.93. The lowest BCUT2D eigenvalue weighted by Crippen LogP contribution is -2.50. The van der Waals surface area contributed by atoms with Gasteiger partial charge in [0.2, 0.25) is 0 Å². The number of morpholine rings is 1. The molecule has 2 N–H and O–H groups in total. The van der Waals surface area contributed by atoms with Gasteiger partial charge in [-0.2, -0.15) is 5.10 Å². The van der Waals surface area contributed by atoms with E-state index in [1.807, 2.05) is 16.9 Å². The summed E-state index contributed by atoms with van der Waals surface area (Å²) in [6, 6.07) is 10.2. The van der Waals surface area contributed by atoms with Gasteiger partial charge >= 0.3 is 0 Å². The maximum atomic E-state index is 5.93. The van der Waals surface area contributed by atoms with Gasteiger partial charge in [-0.25, -0.2) is 9.67 Å². The Morgan fingerprint density at radius 1 is 1.28 bits per heavy atom. The standard InChI is InChI=1S/C22H34N6O/c1-4-23-22(25-15-21-17-27(12-13-29-21)16-18(2)3)24-14-19-6-8-20(9-7-19)28-11-5-10-26-28/h5-11,18,21H,4,12-17H2,1-3H3,(H2,23,24,25). The predicted molar refractivity (Wildman–Crippen MR) is 117 cm³/mol. The Morgan fingerprint density at radius 2 is 2.10 bits per heavy atom. The van der Waals surface area contributed by atoms with Crippen LogP contribution < -0.4 is 10.6 Å². The zero-order chi connectivity index (χ0) is 20.5. The molecule has 0 radical (unpaired) electrons. The molecule has 0 amide bonds. The second-order valence-electron chi connectivity index (χ2n) is 7.84. The van der Waals surface area contributed by atoms with E-state index in [1.165, 1.54) is 0 Å². The summed E-state index contributed by atoms with van der Waals surface area (Å²) in [5.74, 6) is 1.51. The van der Waals surface area contributed by atoms with Crippen LogP contribution in [0.15, 0.2) is 47.7 Å². The molecule has 1 aromatic carbocycles. The summed E-state index contributed by atoms with van der Waals surface area (Å²) in [6.45, 7) is 12.8. The molecule has 1 aliphatic heterocycles. The molecule has 29 heavy (non-hydrogen) atoms. The molecule has 7 nitrogen and oxygen atoms in total. The topological polar surface area (TPSA) is 66.7 Å². The van der Waals surface area contributed by atoms with Crippen molar-refractivity contribution in [3.8, 4) is 5.69 Å². The van der Waals surface area contributed by atoms with Gasteiger partial charge < -0.3 is 15.4 Å². The zero-order valence-electron chi connectivity index (χ0n) is 17.8. The molecule has 0 bridgehead atoms. The summed E-state index contributed by atoms with van der Waals surface area (Å²) in [5.41, 5.74) is 2.21. The number of aromatic nitrogens is 2. The Balaban J connectivity index is 1.51. The Labute approximate surface area is 174 Å².